The van der Waals surface area contributed by atoms with Gasteiger partial charge < -0.3 is 9.64 Å². The van der Waals surface area contributed by atoms with Crippen molar-refractivity contribution in [3.05, 3.63) is 35.4 Å². The van der Waals surface area contributed by atoms with Crippen molar-refractivity contribution in [2.24, 2.45) is 5.92 Å². The predicted octanol–water partition coefficient (Wildman–Crippen LogP) is 4.86. The van der Waals surface area contributed by atoms with Gasteiger partial charge in [0, 0.05) is 18.7 Å². The maximum Gasteiger partial charge on any atom is 0.410 e. The van der Waals surface area contributed by atoms with Crippen LogP contribution in [0, 0.1) is 5.92 Å². The Hall–Kier alpha value is -1.84. The number of carbonyl (C=O) groups is 2. The van der Waals surface area contributed by atoms with Crippen LogP contribution in [0.25, 0.3) is 0 Å². The molecule has 0 saturated carbocycles. The SMILES string of the molecule is CC(C)(C)OC(=O)N1CCCCC(Cc2ccccc2C=O)CCC1. The first-order valence-corrected chi connectivity index (χ1v) is 9.40. The minimum absolute atomic E-state index is 0.197. The van der Waals surface area contributed by atoms with Crippen LogP contribution in [0.5, 0.6) is 0 Å². The zero-order chi connectivity index (χ0) is 18.3. The molecule has 1 atom stereocenters. The number of benzene rings is 1. The highest BCUT2D eigenvalue weighted by Gasteiger charge is 2.23. The maximum atomic E-state index is 12.3. The molecule has 0 aromatic heterocycles. The summed E-state index contributed by atoms with van der Waals surface area (Å²) in [6.45, 7) is 7.23. The summed E-state index contributed by atoms with van der Waals surface area (Å²) in [7, 11) is 0. The highest BCUT2D eigenvalue weighted by atomic mass is 16.6. The summed E-state index contributed by atoms with van der Waals surface area (Å²) >= 11 is 0. The Labute approximate surface area is 151 Å². The average Bonchev–Trinajstić information content (AvgIpc) is 2.66. The Morgan fingerprint density at radius 1 is 1.16 bits per heavy atom. The fraction of sp³-hybridized carbons (Fsp3) is 0.619. The summed E-state index contributed by atoms with van der Waals surface area (Å²) in [6.07, 6.45) is 7.01. The molecule has 1 heterocycles. The van der Waals surface area contributed by atoms with Gasteiger partial charge in [-0.2, -0.15) is 0 Å². The molecule has 0 spiro atoms. The third kappa shape index (κ3) is 6.52. The molecule has 1 aliphatic heterocycles. The Morgan fingerprint density at radius 3 is 2.56 bits per heavy atom. The number of hydrogen-bond acceptors (Lipinski definition) is 3. The van der Waals surface area contributed by atoms with Crippen LogP contribution in [-0.4, -0.2) is 36.0 Å². The largest absolute Gasteiger partial charge is 0.444 e. The highest BCUT2D eigenvalue weighted by molar-refractivity contribution is 5.77. The smallest absolute Gasteiger partial charge is 0.410 e. The van der Waals surface area contributed by atoms with Crippen molar-refractivity contribution in [3.8, 4) is 0 Å². The summed E-state index contributed by atoms with van der Waals surface area (Å²) in [5, 5.41) is 0. The van der Waals surface area contributed by atoms with Crippen LogP contribution in [0.2, 0.25) is 0 Å². The number of rotatable bonds is 3. The summed E-state index contributed by atoms with van der Waals surface area (Å²) in [6, 6.07) is 7.86. The molecule has 1 unspecified atom stereocenters. The van der Waals surface area contributed by atoms with E-state index in [0.717, 1.165) is 69.0 Å². The molecule has 25 heavy (non-hydrogen) atoms. The molecular weight excluding hydrogens is 314 g/mol. The standard InChI is InChI=1S/C21H31NO3/c1-21(2,3)25-20(24)22-13-7-6-9-17(10-8-14-22)15-18-11-4-5-12-19(18)16-23/h4-5,11-12,16-17H,6-10,13-15H2,1-3H3. The summed E-state index contributed by atoms with van der Waals surface area (Å²) in [4.78, 5) is 25.4. The molecule has 1 aromatic carbocycles. The number of aldehydes is 1. The van der Waals surface area contributed by atoms with E-state index in [-0.39, 0.29) is 6.09 Å². The van der Waals surface area contributed by atoms with Crippen molar-refractivity contribution in [3.63, 3.8) is 0 Å². The number of hydrogen-bond donors (Lipinski definition) is 0. The third-order valence-electron chi connectivity index (χ3n) is 4.67. The Kier molecular flexibility index (Phi) is 7.03. The van der Waals surface area contributed by atoms with E-state index >= 15 is 0 Å². The predicted molar refractivity (Wildman–Crippen MR) is 99.9 cm³/mol. The van der Waals surface area contributed by atoms with E-state index in [1.54, 1.807) is 0 Å². The van der Waals surface area contributed by atoms with Gasteiger partial charge in [-0.3, -0.25) is 4.79 Å². The first kappa shape index (κ1) is 19.5. The number of ether oxygens (including phenoxy) is 1. The van der Waals surface area contributed by atoms with Crippen molar-refractivity contribution < 1.29 is 14.3 Å². The van der Waals surface area contributed by atoms with Crippen LogP contribution in [0.3, 0.4) is 0 Å². The second-order valence-electron chi connectivity index (χ2n) is 7.99. The van der Waals surface area contributed by atoms with Crippen LogP contribution >= 0.6 is 0 Å². The molecule has 1 aromatic rings. The lowest BCUT2D eigenvalue weighted by molar-refractivity contribution is 0.0246. The molecule has 4 nitrogen and oxygen atoms in total. The van der Waals surface area contributed by atoms with Crippen molar-refractivity contribution >= 4 is 12.4 Å². The van der Waals surface area contributed by atoms with Gasteiger partial charge in [-0.15, -0.1) is 0 Å². The van der Waals surface area contributed by atoms with Crippen LogP contribution < -0.4 is 0 Å². The van der Waals surface area contributed by atoms with Gasteiger partial charge in [0.05, 0.1) is 0 Å². The molecule has 1 aliphatic rings. The zero-order valence-corrected chi connectivity index (χ0v) is 15.8. The summed E-state index contributed by atoms with van der Waals surface area (Å²) < 4.78 is 5.52. The molecule has 1 saturated heterocycles. The fourth-order valence-corrected chi connectivity index (χ4v) is 3.42. The minimum atomic E-state index is -0.448. The van der Waals surface area contributed by atoms with E-state index < -0.39 is 5.60 Å². The van der Waals surface area contributed by atoms with E-state index in [1.165, 1.54) is 0 Å². The number of carbonyl (C=O) groups excluding carboxylic acids is 2. The van der Waals surface area contributed by atoms with Crippen molar-refractivity contribution in [2.45, 2.75) is 64.9 Å². The van der Waals surface area contributed by atoms with Gasteiger partial charge in [-0.1, -0.05) is 37.1 Å². The summed E-state index contributed by atoms with van der Waals surface area (Å²) in [5.74, 6) is 0.569. The third-order valence-corrected chi connectivity index (χ3v) is 4.67. The lowest BCUT2D eigenvalue weighted by atomic mass is 9.89. The van der Waals surface area contributed by atoms with Crippen LogP contribution in [-0.2, 0) is 11.2 Å². The van der Waals surface area contributed by atoms with Gasteiger partial charge in [-0.05, 0) is 57.9 Å². The van der Waals surface area contributed by atoms with Gasteiger partial charge in [0.2, 0.25) is 0 Å². The molecule has 2 rings (SSSR count). The highest BCUT2D eigenvalue weighted by Crippen LogP contribution is 2.24. The molecule has 0 N–H and O–H groups in total. The maximum absolute atomic E-state index is 12.3. The molecule has 0 bridgehead atoms. The normalized spacial score (nSPS) is 19.5. The fourth-order valence-electron chi connectivity index (χ4n) is 3.42. The van der Waals surface area contributed by atoms with Gasteiger partial charge >= 0.3 is 6.09 Å². The minimum Gasteiger partial charge on any atom is -0.444 e. The molecule has 0 radical (unpaired) electrons. The summed E-state index contributed by atoms with van der Waals surface area (Å²) in [5.41, 5.74) is 1.50. The first-order chi connectivity index (χ1) is 11.9. The lowest BCUT2D eigenvalue weighted by Crippen LogP contribution is -2.37. The van der Waals surface area contributed by atoms with Crippen molar-refractivity contribution in [1.29, 1.82) is 0 Å². The van der Waals surface area contributed by atoms with Gasteiger partial charge in [0.25, 0.3) is 0 Å². The number of nitrogens with zero attached hydrogens (tertiary/aromatic N) is 1. The van der Waals surface area contributed by atoms with Crippen molar-refractivity contribution in [2.75, 3.05) is 13.1 Å². The van der Waals surface area contributed by atoms with Gasteiger partial charge in [0.1, 0.15) is 11.9 Å². The molecule has 1 fully saturated rings. The van der Waals surface area contributed by atoms with E-state index in [1.807, 2.05) is 43.9 Å². The second-order valence-corrected chi connectivity index (χ2v) is 7.99. The molecular formula is C21H31NO3. The van der Waals surface area contributed by atoms with Gasteiger partial charge in [0.15, 0.2) is 0 Å². The van der Waals surface area contributed by atoms with E-state index in [9.17, 15) is 9.59 Å². The van der Waals surface area contributed by atoms with Crippen LogP contribution in [0.15, 0.2) is 24.3 Å². The Bertz CT molecular complexity index is 577. The Balaban J connectivity index is 1.93. The molecule has 0 aliphatic carbocycles. The topological polar surface area (TPSA) is 46.6 Å². The molecule has 1 amide bonds. The second kappa shape index (κ2) is 9.02. The van der Waals surface area contributed by atoms with Crippen LogP contribution in [0.1, 0.15) is 68.8 Å². The Morgan fingerprint density at radius 2 is 1.84 bits per heavy atom. The van der Waals surface area contributed by atoms with Gasteiger partial charge in [-0.25, -0.2) is 4.79 Å². The van der Waals surface area contributed by atoms with E-state index in [4.69, 9.17) is 4.74 Å². The zero-order valence-electron chi connectivity index (χ0n) is 15.8. The van der Waals surface area contributed by atoms with Crippen LogP contribution in [0.4, 0.5) is 4.79 Å². The molecule has 4 heteroatoms. The first-order valence-electron chi connectivity index (χ1n) is 9.40. The average molecular weight is 345 g/mol. The molecule has 138 valence electrons. The monoisotopic (exact) mass is 345 g/mol. The number of amides is 1. The van der Waals surface area contributed by atoms with E-state index in [0.29, 0.717) is 5.92 Å². The lowest BCUT2D eigenvalue weighted by Gasteiger charge is -2.27. The van der Waals surface area contributed by atoms with E-state index in [2.05, 4.69) is 6.07 Å². The van der Waals surface area contributed by atoms with Crippen molar-refractivity contribution in [1.82, 2.24) is 4.90 Å². The quantitative estimate of drug-likeness (QED) is 0.735.